The van der Waals surface area contributed by atoms with Crippen molar-refractivity contribution < 1.29 is 9.59 Å². The predicted molar refractivity (Wildman–Crippen MR) is 107 cm³/mol. The van der Waals surface area contributed by atoms with Gasteiger partial charge in [-0.25, -0.2) is 0 Å². The van der Waals surface area contributed by atoms with Crippen LogP contribution in [-0.2, 0) is 4.79 Å². The highest BCUT2D eigenvalue weighted by Crippen LogP contribution is 2.29. The lowest BCUT2D eigenvalue weighted by atomic mass is 9.95. The predicted octanol–water partition coefficient (Wildman–Crippen LogP) is 2.10. The Kier molecular flexibility index (Phi) is 5.10. The van der Waals surface area contributed by atoms with Gasteiger partial charge < -0.3 is 11.1 Å². The first-order valence-electron chi connectivity index (χ1n) is 9.26. The van der Waals surface area contributed by atoms with E-state index in [0.717, 1.165) is 37.4 Å². The molecule has 2 amide bonds. The van der Waals surface area contributed by atoms with Crippen LogP contribution in [0.25, 0.3) is 5.65 Å². The Hall–Kier alpha value is -2.78. The molecule has 3 N–H and O–H groups in total. The molecule has 0 aliphatic carbocycles. The summed E-state index contributed by atoms with van der Waals surface area (Å²) in [5.74, 6) is 0.640. The third-order valence-electron chi connectivity index (χ3n) is 5.33. The number of amides is 2. The molecular weight excluding hydrogens is 376 g/mol. The Balaban J connectivity index is 1.38. The van der Waals surface area contributed by atoms with E-state index in [4.69, 9.17) is 5.73 Å². The number of carbonyl (C=O) groups excluding carboxylic acids is 2. The highest BCUT2D eigenvalue weighted by Gasteiger charge is 2.29. The van der Waals surface area contributed by atoms with E-state index in [1.165, 1.54) is 11.3 Å². The van der Waals surface area contributed by atoms with Gasteiger partial charge in [-0.05, 0) is 56.4 Å². The van der Waals surface area contributed by atoms with Crippen LogP contribution in [0.2, 0.25) is 0 Å². The molecule has 1 unspecified atom stereocenters. The number of carbonyl (C=O) groups is 2. The monoisotopic (exact) mass is 398 g/mol. The van der Waals surface area contributed by atoms with Gasteiger partial charge in [-0.15, -0.1) is 21.5 Å². The van der Waals surface area contributed by atoms with Gasteiger partial charge in [0.05, 0.1) is 11.6 Å². The summed E-state index contributed by atoms with van der Waals surface area (Å²) in [6.07, 6.45) is 3.82. The maximum atomic E-state index is 12.6. The summed E-state index contributed by atoms with van der Waals surface area (Å²) in [5.41, 5.74) is 6.55. The molecule has 3 aromatic heterocycles. The quantitative estimate of drug-likeness (QED) is 0.685. The van der Waals surface area contributed by atoms with E-state index in [1.54, 1.807) is 11.4 Å². The molecule has 8 nitrogen and oxygen atoms in total. The second-order valence-electron chi connectivity index (χ2n) is 6.99. The largest absolute Gasteiger partial charge is 0.366 e. The Morgan fingerprint density at radius 2 is 2.04 bits per heavy atom. The minimum Gasteiger partial charge on any atom is -0.366 e. The smallest absolute Gasteiger partial charge is 0.251 e. The molecule has 1 aliphatic heterocycles. The topological polar surface area (TPSA) is 106 Å². The van der Waals surface area contributed by atoms with E-state index in [0.29, 0.717) is 16.5 Å². The van der Waals surface area contributed by atoms with Crippen LogP contribution >= 0.6 is 11.3 Å². The first-order valence-corrected chi connectivity index (χ1v) is 10.1. The zero-order valence-electron chi connectivity index (χ0n) is 15.5. The van der Waals surface area contributed by atoms with Crippen LogP contribution in [0.1, 0.15) is 41.9 Å². The van der Waals surface area contributed by atoms with E-state index in [9.17, 15) is 9.59 Å². The number of hydrogen-bond donors (Lipinski definition) is 2. The van der Waals surface area contributed by atoms with Crippen molar-refractivity contribution in [2.75, 3.05) is 18.4 Å². The molecule has 1 saturated heterocycles. The Bertz CT molecular complexity index is 1000. The van der Waals surface area contributed by atoms with Crippen molar-refractivity contribution >= 4 is 33.8 Å². The number of pyridine rings is 1. The van der Waals surface area contributed by atoms with E-state index >= 15 is 0 Å². The maximum absolute atomic E-state index is 12.6. The Morgan fingerprint density at radius 1 is 1.25 bits per heavy atom. The first-order chi connectivity index (χ1) is 13.5. The molecule has 4 rings (SSSR count). The van der Waals surface area contributed by atoms with Gasteiger partial charge in [0.1, 0.15) is 10.8 Å². The second-order valence-corrected chi connectivity index (χ2v) is 7.91. The van der Waals surface area contributed by atoms with Gasteiger partial charge in [-0.1, -0.05) is 6.07 Å². The number of nitrogens with zero attached hydrogens (tertiary/aromatic N) is 4. The summed E-state index contributed by atoms with van der Waals surface area (Å²) < 4.78 is 2.04. The Morgan fingerprint density at radius 3 is 2.79 bits per heavy atom. The molecule has 0 bridgehead atoms. The SMILES string of the molecule is CC(C(=O)Nc1sccc1C(N)=O)N1CCC(c2nnc3ccccn23)CC1. The molecular formula is C19H22N6O2S. The lowest BCUT2D eigenvalue weighted by Crippen LogP contribution is -2.46. The number of anilines is 1. The van der Waals surface area contributed by atoms with Gasteiger partial charge in [-0.2, -0.15) is 0 Å². The normalized spacial score (nSPS) is 16.9. The zero-order valence-corrected chi connectivity index (χ0v) is 16.4. The molecule has 1 aliphatic rings. The average Bonchev–Trinajstić information content (AvgIpc) is 3.34. The number of nitrogens with one attached hydrogen (secondary N) is 1. The number of primary amides is 1. The number of piperidine rings is 1. The third kappa shape index (κ3) is 3.50. The van der Waals surface area contributed by atoms with Gasteiger partial charge in [0.2, 0.25) is 5.91 Å². The first kappa shape index (κ1) is 18.6. The lowest BCUT2D eigenvalue weighted by Gasteiger charge is -2.34. The van der Waals surface area contributed by atoms with Gasteiger partial charge >= 0.3 is 0 Å². The summed E-state index contributed by atoms with van der Waals surface area (Å²) in [6, 6.07) is 7.21. The number of likely N-dealkylation sites (tertiary alicyclic amines) is 1. The average molecular weight is 398 g/mol. The number of aromatic nitrogens is 3. The fourth-order valence-corrected chi connectivity index (χ4v) is 4.46. The van der Waals surface area contributed by atoms with Crippen molar-refractivity contribution in [3.63, 3.8) is 0 Å². The van der Waals surface area contributed by atoms with Crippen LogP contribution in [0.3, 0.4) is 0 Å². The number of hydrogen-bond acceptors (Lipinski definition) is 6. The van der Waals surface area contributed by atoms with Gasteiger partial charge in [0.15, 0.2) is 5.65 Å². The van der Waals surface area contributed by atoms with E-state index < -0.39 is 5.91 Å². The molecule has 0 aromatic carbocycles. The number of fused-ring (bicyclic) bond motifs is 1. The van der Waals surface area contributed by atoms with Gasteiger partial charge in [0.25, 0.3) is 5.91 Å². The van der Waals surface area contributed by atoms with Crippen molar-refractivity contribution in [3.05, 3.63) is 47.2 Å². The fourth-order valence-electron chi connectivity index (χ4n) is 3.67. The number of nitrogens with two attached hydrogens (primary N) is 1. The van der Waals surface area contributed by atoms with Gasteiger partial charge in [0, 0.05) is 12.1 Å². The standard InChI is InChI=1S/C19H22N6O2S/c1-12(18(27)21-19-14(16(20)26)7-11-28-19)24-9-5-13(6-10-24)17-23-22-15-4-2-3-8-25(15)17/h2-4,7-8,11-13H,5-6,9-10H2,1H3,(H2,20,26)(H,21,27). The molecule has 0 spiro atoms. The minimum absolute atomic E-state index is 0.128. The molecule has 9 heteroatoms. The lowest BCUT2D eigenvalue weighted by molar-refractivity contribution is -0.121. The molecule has 146 valence electrons. The van der Waals surface area contributed by atoms with Crippen LogP contribution < -0.4 is 11.1 Å². The summed E-state index contributed by atoms with van der Waals surface area (Å²) in [6.45, 7) is 3.49. The highest BCUT2D eigenvalue weighted by molar-refractivity contribution is 7.14. The third-order valence-corrected chi connectivity index (χ3v) is 6.16. The molecule has 1 atom stereocenters. The second kappa shape index (κ2) is 7.69. The summed E-state index contributed by atoms with van der Waals surface area (Å²) in [5, 5.41) is 13.7. The van der Waals surface area contributed by atoms with Crippen molar-refractivity contribution in [3.8, 4) is 0 Å². The Labute approximate surface area is 166 Å². The molecule has 1 fully saturated rings. The molecule has 3 aromatic rings. The van der Waals surface area contributed by atoms with Crippen LogP contribution in [0.4, 0.5) is 5.00 Å². The van der Waals surface area contributed by atoms with Crippen LogP contribution in [0, 0.1) is 0 Å². The van der Waals surface area contributed by atoms with Crippen LogP contribution in [0.15, 0.2) is 35.8 Å². The summed E-state index contributed by atoms with van der Waals surface area (Å²) in [4.78, 5) is 26.2. The van der Waals surface area contributed by atoms with Crippen molar-refractivity contribution in [1.29, 1.82) is 0 Å². The fraction of sp³-hybridized carbons (Fsp3) is 0.368. The molecule has 0 radical (unpaired) electrons. The van der Waals surface area contributed by atoms with E-state index in [1.807, 2.05) is 35.7 Å². The van der Waals surface area contributed by atoms with E-state index in [2.05, 4.69) is 20.4 Å². The van der Waals surface area contributed by atoms with Crippen molar-refractivity contribution in [1.82, 2.24) is 19.5 Å². The molecule has 0 saturated carbocycles. The van der Waals surface area contributed by atoms with Crippen LogP contribution in [0.5, 0.6) is 0 Å². The summed E-state index contributed by atoms with van der Waals surface area (Å²) >= 11 is 1.30. The maximum Gasteiger partial charge on any atom is 0.251 e. The van der Waals surface area contributed by atoms with E-state index in [-0.39, 0.29) is 11.9 Å². The zero-order chi connectivity index (χ0) is 19.7. The minimum atomic E-state index is -0.537. The van der Waals surface area contributed by atoms with Crippen LogP contribution in [-0.4, -0.2) is 50.4 Å². The van der Waals surface area contributed by atoms with Gasteiger partial charge in [-0.3, -0.25) is 18.9 Å². The highest BCUT2D eigenvalue weighted by atomic mass is 32.1. The summed E-state index contributed by atoms with van der Waals surface area (Å²) in [7, 11) is 0. The molecule has 28 heavy (non-hydrogen) atoms. The number of thiophene rings is 1. The van der Waals surface area contributed by atoms with Crippen molar-refractivity contribution in [2.24, 2.45) is 5.73 Å². The van der Waals surface area contributed by atoms with Crippen molar-refractivity contribution in [2.45, 2.75) is 31.7 Å². The number of rotatable bonds is 5. The molecule has 4 heterocycles.